The number of phenols is 1. The van der Waals surface area contributed by atoms with Crippen molar-refractivity contribution in [2.75, 3.05) is 13.1 Å². The van der Waals surface area contributed by atoms with Gasteiger partial charge in [-0.2, -0.15) is 0 Å². The molecule has 0 bridgehead atoms. The van der Waals surface area contributed by atoms with Crippen LogP contribution in [0.1, 0.15) is 16.1 Å². The second-order valence-electron chi connectivity index (χ2n) is 5.31. The Bertz CT molecular complexity index is 677. The molecule has 2 aromatic rings. The number of carbonyl (C=O) groups is 1. The first-order valence-corrected chi connectivity index (χ1v) is 6.72. The zero-order valence-corrected chi connectivity index (χ0v) is 10.9. The molecule has 0 radical (unpaired) electrons. The smallest absolute Gasteiger partial charge is 0.272 e. The monoisotopic (exact) mass is 269 g/mol. The minimum atomic E-state index is -0.503. The number of fused-ring (bicyclic) bond motifs is 2. The Morgan fingerprint density at radius 2 is 2.00 bits per heavy atom. The summed E-state index contributed by atoms with van der Waals surface area (Å²) in [5, 5.41) is 12.9. The van der Waals surface area contributed by atoms with E-state index in [2.05, 4.69) is 5.32 Å². The van der Waals surface area contributed by atoms with Crippen molar-refractivity contribution in [2.45, 2.75) is 12.2 Å². The van der Waals surface area contributed by atoms with Gasteiger partial charge in [0.25, 0.3) is 5.91 Å². The van der Waals surface area contributed by atoms with Crippen molar-refractivity contribution < 1.29 is 9.90 Å². The van der Waals surface area contributed by atoms with Gasteiger partial charge in [-0.05, 0) is 29.8 Å². The number of phenolic OH excluding ortho intramolecular Hbond substituents is 1. The predicted molar refractivity (Wildman–Crippen MR) is 73.3 cm³/mol. The summed E-state index contributed by atoms with van der Waals surface area (Å²) < 4.78 is 1.99. The highest BCUT2D eigenvalue weighted by atomic mass is 16.3. The molecule has 5 heteroatoms. The molecule has 1 amide bonds. The summed E-state index contributed by atoms with van der Waals surface area (Å²) in [5.41, 5.74) is 1.24. The summed E-state index contributed by atoms with van der Waals surface area (Å²) in [6.45, 7) is 2.16. The van der Waals surface area contributed by atoms with E-state index in [0.29, 0.717) is 13.1 Å². The van der Waals surface area contributed by atoms with Crippen LogP contribution < -0.4 is 5.32 Å². The molecule has 20 heavy (non-hydrogen) atoms. The van der Waals surface area contributed by atoms with Gasteiger partial charge in [0.15, 0.2) is 0 Å². The highest BCUT2D eigenvalue weighted by Gasteiger charge is 2.49. The van der Waals surface area contributed by atoms with Crippen molar-refractivity contribution >= 4 is 5.91 Å². The number of nitrogens with one attached hydrogen (secondary N) is 1. The highest BCUT2D eigenvalue weighted by molar-refractivity contribution is 5.94. The van der Waals surface area contributed by atoms with Gasteiger partial charge in [-0.3, -0.25) is 10.1 Å². The summed E-state index contributed by atoms with van der Waals surface area (Å²) in [5.74, 6) is 0.290. The maximum atomic E-state index is 12.6. The van der Waals surface area contributed by atoms with E-state index in [1.54, 1.807) is 12.1 Å². The van der Waals surface area contributed by atoms with E-state index in [0.717, 1.165) is 17.8 Å². The SMILES string of the molecule is O=C1c2cccn2CC2(c3ccc(O)cc3)NCCN12. The Hall–Kier alpha value is -2.27. The Morgan fingerprint density at radius 1 is 1.20 bits per heavy atom. The van der Waals surface area contributed by atoms with Crippen molar-refractivity contribution in [3.63, 3.8) is 0 Å². The molecule has 0 spiro atoms. The Labute approximate surface area is 116 Å². The quantitative estimate of drug-likeness (QED) is 0.815. The Balaban J connectivity index is 1.87. The molecule has 1 aromatic carbocycles. The molecule has 1 aromatic heterocycles. The molecular formula is C15H15N3O2. The van der Waals surface area contributed by atoms with Crippen LogP contribution in [0.4, 0.5) is 0 Å². The third-order valence-corrected chi connectivity index (χ3v) is 4.25. The molecule has 2 aliphatic heterocycles. The highest BCUT2D eigenvalue weighted by Crippen LogP contribution is 2.36. The fourth-order valence-electron chi connectivity index (χ4n) is 3.29. The number of amides is 1. The number of aromatic hydroxyl groups is 1. The third-order valence-electron chi connectivity index (χ3n) is 4.25. The van der Waals surface area contributed by atoms with Crippen LogP contribution in [0.2, 0.25) is 0 Å². The number of hydrogen-bond acceptors (Lipinski definition) is 3. The van der Waals surface area contributed by atoms with Gasteiger partial charge in [-0.25, -0.2) is 0 Å². The topological polar surface area (TPSA) is 57.5 Å². The number of rotatable bonds is 1. The van der Waals surface area contributed by atoms with Gasteiger partial charge in [0.05, 0.1) is 6.54 Å². The van der Waals surface area contributed by atoms with E-state index in [-0.39, 0.29) is 11.7 Å². The van der Waals surface area contributed by atoms with Gasteiger partial charge >= 0.3 is 0 Å². The van der Waals surface area contributed by atoms with Crippen LogP contribution >= 0.6 is 0 Å². The lowest BCUT2D eigenvalue weighted by molar-refractivity contribution is 0.0398. The molecule has 1 atom stereocenters. The van der Waals surface area contributed by atoms with E-state index in [4.69, 9.17) is 0 Å². The van der Waals surface area contributed by atoms with Crippen LogP contribution in [-0.2, 0) is 12.2 Å². The van der Waals surface area contributed by atoms with E-state index in [1.807, 2.05) is 39.9 Å². The summed E-state index contributed by atoms with van der Waals surface area (Å²) in [7, 11) is 0. The number of benzene rings is 1. The molecule has 4 rings (SSSR count). The van der Waals surface area contributed by atoms with Crippen LogP contribution in [-0.4, -0.2) is 33.6 Å². The molecule has 1 saturated heterocycles. The molecule has 3 heterocycles. The molecule has 2 aliphatic rings. The van der Waals surface area contributed by atoms with Crippen molar-refractivity contribution in [3.8, 4) is 5.75 Å². The summed E-state index contributed by atoms with van der Waals surface area (Å²) in [4.78, 5) is 14.5. The van der Waals surface area contributed by atoms with E-state index in [9.17, 15) is 9.90 Å². The lowest BCUT2D eigenvalue weighted by atomic mass is 9.96. The average molecular weight is 269 g/mol. The zero-order chi connectivity index (χ0) is 13.7. The van der Waals surface area contributed by atoms with Gasteiger partial charge in [0.1, 0.15) is 17.1 Å². The number of nitrogens with zero attached hydrogens (tertiary/aromatic N) is 2. The van der Waals surface area contributed by atoms with E-state index >= 15 is 0 Å². The van der Waals surface area contributed by atoms with Gasteiger partial charge in [-0.1, -0.05) is 12.1 Å². The van der Waals surface area contributed by atoms with Gasteiger partial charge in [0, 0.05) is 19.3 Å². The molecule has 1 fully saturated rings. The van der Waals surface area contributed by atoms with E-state index < -0.39 is 5.66 Å². The fourth-order valence-corrected chi connectivity index (χ4v) is 3.29. The predicted octanol–water partition coefficient (Wildman–Crippen LogP) is 1.11. The standard InChI is InChI=1S/C15H15N3O2/c19-12-5-3-11(4-6-12)15-10-17-8-1-2-13(17)14(20)18(15)9-7-16-15/h1-6,8,16,19H,7,9-10H2. The minimum Gasteiger partial charge on any atom is -0.508 e. The fraction of sp³-hybridized carbons (Fsp3) is 0.267. The first-order chi connectivity index (χ1) is 9.71. The summed E-state index contributed by atoms with van der Waals surface area (Å²) >= 11 is 0. The molecule has 102 valence electrons. The molecule has 0 saturated carbocycles. The third kappa shape index (κ3) is 1.38. The van der Waals surface area contributed by atoms with Gasteiger partial charge in [-0.15, -0.1) is 0 Å². The van der Waals surface area contributed by atoms with E-state index in [1.165, 1.54) is 0 Å². The van der Waals surface area contributed by atoms with Crippen molar-refractivity contribution in [3.05, 3.63) is 53.9 Å². The first-order valence-electron chi connectivity index (χ1n) is 6.72. The summed E-state index contributed by atoms with van der Waals surface area (Å²) in [6, 6.07) is 10.8. The van der Waals surface area contributed by atoms with Crippen LogP contribution in [0.15, 0.2) is 42.6 Å². The van der Waals surface area contributed by atoms with Crippen LogP contribution in [0, 0.1) is 0 Å². The Morgan fingerprint density at radius 3 is 2.80 bits per heavy atom. The number of carbonyl (C=O) groups excluding carboxylic acids is 1. The second kappa shape index (κ2) is 3.86. The minimum absolute atomic E-state index is 0.0549. The first kappa shape index (κ1) is 11.5. The number of hydrogen-bond donors (Lipinski definition) is 2. The van der Waals surface area contributed by atoms with Crippen molar-refractivity contribution in [2.24, 2.45) is 0 Å². The molecule has 2 N–H and O–H groups in total. The second-order valence-corrected chi connectivity index (χ2v) is 5.31. The molecular weight excluding hydrogens is 254 g/mol. The van der Waals surface area contributed by atoms with Crippen molar-refractivity contribution in [1.82, 2.24) is 14.8 Å². The lowest BCUT2D eigenvalue weighted by Gasteiger charge is -2.43. The van der Waals surface area contributed by atoms with Gasteiger partial charge < -0.3 is 14.6 Å². The maximum Gasteiger partial charge on any atom is 0.272 e. The zero-order valence-electron chi connectivity index (χ0n) is 10.9. The molecule has 5 nitrogen and oxygen atoms in total. The Kier molecular flexibility index (Phi) is 2.23. The van der Waals surface area contributed by atoms with Crippen LogP contribution in [0.3, 0.4) is 0 Å². The molecule has 0 aliphatic carbocycles. The largest absolute Gasteiger partial charge is 0.508 e. The summed E-state index contributed by atoms with van der Waals surface area (Å²) in [6.07, 6.45) is 1.94. The van der Waals surface area contributed by atoms with Crippen LogP contribution in [0.5, 0.6) is 5.75 Å². The van der Waals surface area contributed by atoms with Crippen molar-refractivity contribution in [1.29, 1.82) is 0 Å². The molecule has 1 unspecified atom stereocenters. The normalized spacial score (nSPS) is 24.6. The lowest BCUT2D eigenvalue weighted by Crippen LogP contribution is -2.57. The number of aromatic nitrogens is 1. The maximum absolute atomic E-state index is 12.6. The van der Waals surface area contributed by atoms with Gasteiger partial charge in [0.2, 0.25) is 0 Å². The van der Waals surface area contributed by atoms with Crippen LogP contribution in [0.25, 0.3) is 0 Å². The average Bonchev–Trinajstić information content (AvgIpc) is 3.07.